The number of amides is 1. The lowest BCUT2D eigenvalue weighted by Crippen LogP contribution is -2.16. The molecule has 0 aromatic heterocycles. The fourth-order valence-corrected chi connectivity index (χ4v) is 2.33. The van der Waals surface area contributed by atoms with Crippen LogP contribution in [0.5, 0.6) is 11.5 Å². The maximum Gasteiger partial charge on any atom is 0.416 e. The van der Waals surface area contributed by atoms with Gasteiger partial charge in [0.25, 0.3) is 5.91 Å². The number of benzene rings is 2. The third kappa shape index (κ3) is 4.04. The van der Waals surface area contributed by atoms with Crippen LogP contribution in [-0.2, 0) is 11.6 Å². The summed E-state index contributed by atoms with van der Waals surface area (Å²) < 4.78 is 38.3. The van der Waals surface area contributed by atoms with Gasteiger partial charge in [-0.15, -0.1) is 0 Å². The van der Waals surface area contributed by atoms with Gasteiger partial charge in [0.1, 0.15) is 17.2 Å². The highest BCUT2D eigenvalue weighted by atomic mass is 19.4. The number of hydrogen-bond donors (Lipinski definition) is 3. The second kappa shape index (κ2) is 6.31. The van der Waals surface area contributed by atoms with Gasteiger partial charge in [-0.05, 0) is 29.7 Å². The molecule has 1 amide bonds. The van der Waals surface area contributed by atoms with E-state index in [0.29, 0.717) is 11.6 Å². The zero-order valence-corrected chi connectivity index (χ0v) is 13.9. The molecular weight excluding hydrogens is 335 g/mol. The van der Waals surface area contributed by atoms with Crippen molar-refractivity contribution in [3.63, 3.8) is 0 Å². The molecule has 7 heteroatoms. The van der Waals surface area contributed by atoms with Crippen LogP contribution in [0.1, 0.15) is 42.3 Å². The second-order valence-electron chi connectivity index (χ2n) is 6.64. The number of carbonyl (C=O) groups is 1. The smallest absolute Gasteiger partial charge is 0.416 e. The number of halogens is 3. The van der Waals surface area contributed by atoms with E-state index in [1.54, 1.807) is 0 Å². The molecule has 0 radical (unpaired) electrons. The standard InChI is InChI=1S/C18H18F3NO3/c1-17(2,3)12-7-8-13(23)14(15(12)24)22-16(25)10-5-4-6-11(9-10)18(19,20)21/h4-9,23-24H,1-3H3,(H,22,25). The van der Waals surface area contributed by atoms with E-state index in [0.717, 1.165) is 12.1 Å². The summed E-state index contributed by atoms with van der Waals surface area (Å²) in [5.41, 5.74) is -1.43. The van der Waals surface area contributed by atoms with Crippen molar-refractivity contribution in [3.8, 4) is 11.5 Å². The number of carbonyl (C=O) groups excluding carboxylic acids is 1. The number of aromatic hydroxyl groups is 2. The molecule has 0 fully saturated rings. The molecule has 0 bridgehead atoms. The molecule has 3 N–H and O–H groups in total. The first-order valence-electron chi connectivity index (χ1n) is 7.45. The van der Waals surface area contributed by atoms with E-state index in [1.807, 2.05) is 20.8 Å². The van der Waals surface area contributed by atoms with Crippen LogP contribution in [0.15, 0.2) is 36.4 Å². The van der Waals surface area contributed by atoms with Crippen LogP contribution in [0.4, 0.5) is 18.9 Å². The lowest BCUT2D eigenvalue weighted by Gasteiger charge is -2.22. The molecule has 134 valence electrons. The van der Waals surface area contributed by atoms with Crippen LogP contribution in [0, 0.1) is 0 Å². The molecule has 4 nitrogen and oxygen atoms in total. The minimum Gasteiger partial charge on any atom is -0.506 e. The van der Waals surface area contributed by atoms with Gasteiger partial charge >= 0.3 is 6.18 Å². The van der Waals surface area contributed by atoms with Crippen molar-refractivity contribution in [1.82, 2.24) is 0 Å². The summed E-state index contributed by atoms with van der Waals surface area (Å²) in [5.74, 6) is -1.58. The first-order chi connectivity index (χ1) is 11.4. The Hall–Kier alpha value is -2.70. The lowest BCUT2D eigenvalue weighted by atomic mass is 9.86. The summed E-state index contributed by atoms with van der Waals surface area (Å²) in [4.78, 5) is 12.3. The third-order valence-electron chi connectivity index (χ3n) is 3.65. The number of nitrogens with one attached hydrogen (secondary N) is 1. The molecule has 25 heavy (non-hydrogen) atoms. The molecule has 0 saturated heterocycles. The molecule has 0 aliphatic rings. The largest absolute Gasteiger partial charge is 0.506 e. The fraction of sp³-hybridized carbons (Fsp3) is 0.278. The SMILES string of the molecule is CC(C)(C)c1ccc(O)c(NC(=O)c2cccc(C(F)(F)F)c2)c1O. The van der Waals surface area contributed by atoms with Gasteiger partial charge in [-0.3, -0.25) is 4.79 Å². The highest BCUT2D eigenvalue weighted by Gasteiger charge is 2.31. The van der Waals surface area contributed by atoms with Gasteiger partial charge in [-0.2, -0.15) is 13.2 Å². The maximum atomic E-state index is 12.8. The van der Waals surface area contributed by atoms with E-state index in [4.69, 9.17) is 0 Å². The van der Waals surface area contributed by atoms with Crippen LogP contribution >= 0.6 is 0 Å². The van der Waals surface area contributed by atoms with Crippen LogP contribution in [-0.4, -0.2) is 16.1 Å². The zero-order valence-electron chi connectivity index (χ0n) is 13.9. The number of rotatable bonds is 2. The summed E-state index contributed by atoms with van der Waals surface area (Å²) in [6, 6.07) is 6.71. The van der Waals surface area contributed by atoms with Crippen LogP contribution in [0.2, 0.25) is 0 Å². The minimum absolute atomic E-state index is 0.241. The highest BCUT2D eigenvalue weighted by molar-refractivity contribution is 6.06. The summed E-state index contributed by atoms with van der Waals surface area (Å²) in [6.07, 6.45) is -4.58. The Kier molecular flexibility index (Phi) is 4.70. The van der Waals surface area contributed by atoms with Crippen molar-refractivity contribution in [2.75, 3.05) is 5.32 Å². The van der Waals surface area contributed by atoms with Crippen molar-refractivity contribution in [2.45, 2.75) is 32.4 Å². The summed E-state index contributed by atoms with van der Waals surface area (Å²) in [7, 11) is 0. The molecule has 0 unspecified atom stereocenters. The molecule has 2 rings (SSSR count). The Labute approximate surface area is 142 Å². The summed E-state index contributed by atoms with van der Waals surface area (Å²) in [6.45, 7) is 5.49. The molecule has 0 spiro atoms. The summed E-state index contributed by atoms with van der Waals surface area (Å²) >= 11 is 0. The molecule has 0 heterocycles. The van der Waals surface area contributed by atoms with Gasteiger partial charge in [0.15, 0.2) is 0 Å². The lowest BCUT2D eigenvalue weighted by molar-refractivity contribution is -0.137. The normalized spacial score (nSPS) is 12.1. The quantitative estimate of drug-likeness (QED) is 0.688. The van der Waals surface area contributed by atoms with E-state index in [2.05, 4.69) is 5.32 Å². The minimum atomic E-state index is -4.58. The average molecular weight is 353 g/mol. The molecular formula is C18H18F3NO3. The Balaban J connectivity index is 2.39. The van der Waals surface area contributed by atoms with Gasteiger partial charge in [0.2, 0.25) is 0 Å². The van der Waals surface area contributed by atoms with Gasteiger partial charge in [0, 0.05) is 11.1 Å². The molecule has 0 aliphatic heterocycles. The second-order valence-corrected chi connectivity index (χ2v) is 6.64. The first kappa shape index (κ1) is 18.6. The Morgan fingerprint density at radius 1 is 1.04 bits per heavy atom. The summed E-state index contributed by atoms with van der Waals surface area (Å²) in [5, 5.41) is 22.5. The van der Waals surface area contributed by atoms with E-state index < -0.39 is 23.1 Å². The maximum absolute atomic E-state index is 12.8. The van der Waals surface area contributed by atoms with E-state index in [9.17, 15) is 28.2 Å². The van der Waals surface area contributed by atoms with E-state index in [1.165, 1.54) is 18.2 Å². The van der Waals surface area contributed by atoms with Crippen LogP contribution in [0.25, 0.3) is 0 Å². The van der Waals surface area contributed by atoms with Crippen molar-refractivity contribution >= 4 is 11.6 Å². The number of alkyl halides is 3. The fourth-order valence-electron chi connectivity index (χ4n) is 2.33. The number of phenolic OH excluding ortho intramolecular Hbond substituents is 2. The van der Waals surface area contributed by atoms with Crippen molar-refractivity contribution in [3.05, 3.63) is 53.1 Å². The number of phenols is 2. The van der Waals surface area contributed by atoms with E-state index >= 15 is 0 Å². The monoisotopic (exact) mass is 353 g/mol. The first-order valence-corrected chi connectivity index (χ1v) is 7.45. The van der Waals surface area contributed by atoms with Gasteiger partial charge < -0.3 is 15.5 Å². The van der Waals surface area contributed by atoms with Crippen molar-refractivity contribution in [2.24, 2.45) is 0 Å². The average Bonchev–Trinajstić information content (AvgIpc) is 2.49. The Bertz CT molecular complexity index is 808. The predicted octanol–water partition coefficient (Wildman–Crippen LogP) is 4.67. The highest BCUT2D eigenvalue weighted by Crippen LogP contribution is 2.41. The van der Waals surface area contributed by atoms with Gasteiger partial charge in [-0.25, -0.2) is 0 Å². The van der Waals surface area contributed by atoms with Crippen molar-refractivity contribution in [1.29, 1.82) is 0 Å². The zero-order chi connectivity index (χ0) is 19.0. The Morgan fingerprint density at radius 3 is 2.24 bits per heavy atom. The molecule has 0 aliphatic carbocycles. The Morgan fingerprint density at radius 2 is 1.68 bits per heavy atom. The molecule has 2 aromatic rings. The molecule has 0 saturated carbocycles. The van der Waals surface area contributed by atoms with Crippen LogP contribution < -0.4 is 5.32 Å². The van der Waals surface area contributed by atoms with Crippen LogP contribution in [0.3, 0.4) is 0 Å². The van der Waals surface area contributed by atoms with Gasteiger partial charge in [0.05, 0.1) is 5.56 Å². The van der Waals surface area contributed by atoms with Gasteiger partial charge in [-0.1, -0.05) is 32.9 Å². The molecule has 0 atom stereocenters. The molecule has 2 aromatic carbocycles. The van der Waals surface area contributed by atoms with Crippen molar-refractivity contribution < 1.29 is 28.2 Å². The van der Waals surface area contributed by atoms with E-state index in [-0.39, 0.29) is 22.7 Å². The third-order valence-corrected chi connectivity index (χ3v) is 3.65. The topological polar surface area (TPSA) is 69.6 Å². The number of anilines is 1. The number of hydrogen-bond acceptors (Lipinski definition) is 3. The predicted molar refractivity (Wildman–Crippen MR) is 87.9 cm³/mol.